The van der Waals surface area contributed by atoms with Gasteiger partial charge in [0.15, 0.2) is 0 Å². The van der Waals surface area contributed by atoms with Crippen LogP contribution in [-0.4, -0.2) is 20.0 Å². The van der Waals surface area contributed by atoms with Gasteiger partial charge in [-0.3, -0.25) is 0 Å². The largest absolute Gasteiger partial charge is 0.388 e. The maximum Gasteiger partial charge on any atom is 0.142 e. The third-order valence-corrected chi connectivity index (χ3v) is 2.82. The van der Waals surface area contributed by atoms with Gasteiger partial charge in [0.25, 0.3) is 0 Å². The molecule has 1 heterocycles. The minimum absolute atomic E-state index is 0.290. The molecular weight excluding hydrogens is 232 g/mol. The van der Waals surface area contributed by atoms with E-state index in [0.717, 1.165) is 5.69 Å². The molecule has 0 fully saturated rings. The van der Waals surface area contributed by atoms with Gasteiger partial charge in [-0.15, -0.1) is 5.10 Å². The van der Waals surface area contributed by atoms with Crippen molar-refractivity contribution in [3.05, 3.63) is 46.8 Å². The van der Waals surface area contributed by atoms with Gasteiger partial charge in [0, 0.05) is 0 Å². The molecule has 1 aromatic heterocycles. The molecule has 2 rings (SSSR count). The highest BCUT2D eigenvalue weighted by Gasteiger charge is 2.10. The number of aryl methyl sites for hydroxylation is 1. The van der Waals surface area contributed by atoms with Gasteiger partial charge in [-0.25, -0.2) is 4.68 Å². The van der Waals surface area contributed by atoms with Crippen LogP contribution in [-0.2, 0) is 6.54 Å². The molecule has 0 aliphatic heterocycles. The van der Waals surface area contributed by atoms with Gasteiger partial charge >= 0.3 is 0 Å². The number of thiocarbonyl (C=S) groups is 1. The van der Waals surface area contributed by atoms with Gasteiger partial charge in [0.1, 0.15) is 10.7 Å². The second-order valence-electron chi connectivity index (χ2n) is 4.03. The average molecular weight is 246 g/mol. The fourth-order valence-electron chi connectivity index (χ4n) is 1.72. The topological polar surface area (TPSA) is 56.7 Å². The van der Waals surface area contributed by atoms with Crippen molar-refractivity contribution in [3.63, 3.8) is 0 Å². The van der Waals surface area contributed by atoms with Crippen LogP contribution in [0.1, 0.15) is 22.5 Å². The van der Waals surface area contributed by atoms with Crippen LogP contribution in [0.2, 0.25) is 0 Å². The smallest absolute Gasteiger partial charge is 0.142 e. The summed E-state index contributed by atoms with van der Waals surface area (Å²) in [4.78, 5) is 0.290. The maximum atomic E-state index is 5.56. The fourth-order valence-corrected chi connectivity index (χ4v) is 1.91. The van der Waals surface area contributed by atoms with Gasteiger partial charge < -0.3 is 5.73 Å². The third kappa shape index (κ3) is 2.50. The third-order valence-electron chi connectivity index (χ3n) is 2.63. The molecule has 0 saturated carbocycles. The Kier molecular flexibility index (Phi) is 3.19. The summed E-state index contributed by atoms with van der Waals surface area (Å²) in [5, 5.41) is 8.04. The minimum atomic E-state index is 0.290. The van der Waals surface area contributed by atoms with Crippen LogP contribution in [0.25, 0.3) is 0 Å². The van der Waals surface area contributed by atoms with E-state index in [-0.39, 0.29) is 4.99 Å². The first-order valence-electron chi connectivity index (χ1n) is 5.33. The summed E-state index contributed by atoms with van der Waals surface area (Å²) in [5.74, 6) is 0. The SMILES string of the molecule is Cc1cccc(Cn2nnc(C(N)=S)c2C)c1. The monoisotopic (exact) mass is 246 g/mol. The van der Waals surface area contributed by atoms with Crippen molar-refractivity contribution in [3.8, 4) is 0 Å². The van der Waals surface area contributed by atoms with Crippen molar-refractivity contribution in [2.24, 2.45) is 5.73 Å². The first kappa shape index (κ1) is 11.7. The van der Waals surface area contributed by atoms with Crippen molar-refractivity contribution in [2.45, 2.75) is 20.4 Å². The number of hydrogen-bond acceptors (Lipinski definition) is 3. The van der Waals surface area contributed by atoms with E-state index in [2.05, 4.69) is 35.4 Å². The molecular formula is C12H14N4S. The molecule has 0 saturated heterocycles. The summed E-state index contributed by atoms with van der Waals surface area (Å²) in [6.07, 6.45) is 0. The molecule has 2 aromatic rings. The van der Waals surface area contributed by atoms with Crippen LogP contribution in [0.5, 0.6) is 0 Å². The van der Waals surface area contributed by atoms with Crippen LogP contribution >= 0.6 is 12.2 Å². The molecule has 0 bridgehead atoms. The molecule has 2 N–H and O–H groups in total. The van der Waals surface area contributed by atoms with E-state index < -0.39 is 0 Å². The first-order chi connectivity index (χ1) is 8.08. The van der Waals surface area contributed by atoms with E-state index in [9.17, 15) is 0 Å². The number of rotatable bonds is 3. The summed E-state index contributed by atoms with van der Waals surface area (Å²) in [7, 11) is 0. The maximum absolute atomic E-state index is 5.56. The Morgan fingerprint density at radius 1 is 1.41 bits per heavy atom. The van der Waals surface area contributed by atoms with Crippen molar-refractivity contribution in [1.82, 2.24) is 15.0 Å². The van der Waals surface area contributed by atoms with E-state index >= 15 is 0 Å². The number of nitrogens with zero attached hydrogens (tertiary/aromatic N) is 3. The molecule has 0 unspecified atom stereocenters. The Balaban J connectivity index is 2.28. The summed E-state index contributed by atoms with van der Waals surface area (Å²) in [5.41, 5.74) is 9.49. The molecule has 1 aromatic carbocycles. The number of aromatic nitrogens is 3. The van der Waals surface area contributed by atoms with Gasteiger partial charge in [0.2, 0.25) is 0 Å². The first-order valence-corrected chi connectivity index (χ1v) is 5.74. The molecule has 0 radical (unpaired) electrons. The molecule has 5 heteroatoms. The lowest BCUT2D eigenvalue weighted by Gasteiger charge is -2.04. The van der Waals surface area contributed by atoms with E-state index in [4.69, 9.17) is 18.0 Å². The Morgan fingerprint density at radius 2 is 2.18 bits per heavy atom. The lowest BCUT2D eigenvalue weighted by molar-refractivity contribution is 0.633. The van der Waals surface area contributed by atoms with Crippen molar-refractivity contribution >= 4 is 17.2 Å². The summed E-state index contributed by atoms with van der Waals surface area (Å²) in [6, 6.07) is 8.29. The molecule has 88 valence electrons. The van der Waals surface area contributed by atoms with E-state index in [1.807, 2.05) is 17.7 Å². The Hall–Kier alpha value is -1.75. The van der Waals surface area contributed by atoms with E-state index in [0.29, 0.717) is 12.2 Å². The Labute approximate surface area is 105 Å². The summed E-state index contributed by atoms with van der Waals surface area (Å²) in [6.45, 7) is 4.67. The second kappa shape index (κ2) is 4.63. The van der Waals surface area contributed by atoms with E-state index in [1.165, 1.54) is 11.1 Å². The zero-order valence-corrected chi connectivity index (χ0v) is 10.7. The molecule has 17 heavy (non-hydrogen) atoms. The van der Waals surface area contributed by atoms with Crippen LogP contribution in [0, 0.1) is 13.8 Å². The van der Waals surface area contributed by atoms with Gasteiger partial charge in [-0.2, -0.15) is 0 Å². The number of benzene rings is 1. The van der Waals surface area contributed by atoms with E-state index in [1.54, 1.807) is 0 Å². The number of hydrogen-bond donors (Lipinski definition) is 1. The zero-order valence-electron chi connectivity index (χ0n) is 9.84. The van der Waals surface area contributed by atoms with Crippen molar-refractivity contribution in [2.75, 3.05) is 0 Å². The van der Waals surface area contributed by atoms with Gasteiger partial charge in [-0.1, -0.05) is 47.3 Å². The highest BCUT2D eigenvalue weighted by molar-refractivity contribution is 7.80. The van der Waals surface area contributed by atoms with Crippen LogP contribution < -0.4 is 5.73 Å². The van der Waals surface area contributed by atoms with Gasteiger partial charge in [-0.05, 0) is 19.4 Å². The predicted molar refractivity (Wildman–Crippen MR) is 70.9 cm³/mol. The fraction of sp³-hybridized carbons (Fsp3) is 0.250. The highest BCUT2D eigenvalue weighted by Crippen LogP contribution is 2.09. The standard InChI is InChI=1S/C12H14N4S/c1-8-4-3-5-10(6-8)7-16-9(2)11(12(13)17)14-15-16/h3-6H,7H2,1-2H3,(H2,13,17). The highest BCUT2D eigenvalue weighted by atomic mass is 32.1. The van der Waals surface area contributed by atoms with Crippen molar-refractivity contribution < 1.29 is 0 Å². The minimum Gasteiger partial charge on any atom is -0.388 e. The second-order valence-corrected chi connectivity index (χ2v) is 4.47. The molecule has 0 aliphatic carbocycles. The van der Waals surface area contributed by atoms with Crippen LogP contribution in [0.3, 0.4) is 0 Å². The molecule has 0 aliphatic rings. The van der Waals surface area contributed by atoms with Crippen LogP contribution in [0.15, 0.2) is 24.3 Å². The van der Waals surface area contributed by atoms with Crippen molar-refractivity contribution in [1.29, 1.82) is 0 Å². The van der Waals surface area contributed by atoms with Crippen LogP contribution in [0.4, 0.5) is 0 Å². The Morgan fingerprint density at radius 3 is 2.76 bits per heavy atom. The predicted octanol–water partition coefficient (Wildman–Crippen LogP) is 1.58. The Bertz CT molecular complexity index is 559. The molecule has 0 amide bonds. The molecule has 4 nitrogen and oxygen atoms in total. The molecule has 0 spiro atoms. The number of nitrogens with two attached hydrogens (primary N) is 1. The van der Waals surface area contributed by atoms with Gasteiger partial charge in [0.05, 0.1) is 12.2 Å². The zero-order chi connectivity index (χ0) is 12.4. The quantitative estimate of drug-likeness (QED) is 0.835. The summed E-state index contributed by atoms with van der Waals surface area (Å²) < 4.78 is 1.81. The molecule has 0 atom stereocenters. The average Bonchev–Trinajstić information content (AvgIpc) is 2.61. The summed E-state index contributed by atoms with van der Waals surface area (Å²) >= 11 is 4.91. The normalized spacial score (nSPS) is 10.5. The lowest BCUT2D eigenvalue weighted by atomic mass is 10.1. The lowest BCUT2D eigenvalue weighted by Crippen LogP contribution is -2.12.